The molecule has 1 amide bonds. The third-order valence-corrected chi connectivity index (χ3v) is 5.90. The molecular formula is C23H22FN3O2. The quantitative estimate of drug-likeness (QED) is 0.667. The Morgan fingerprint density at radius 2 is 2.00 bits per heavy atom. The van der Waals surface area contributed by atoms with Crippen molar-refractivity contribution in [2.75, 3.05) is 13.1 Å². The molecular weight excluding hydrogens is 369 g/mol. The highest BCUT2D eigenvalue weighted by Gasteiger charge is 2.44. The number of aryl methyl sites for hydroxylation is 1. The van der Waals surface area contributed by atoms with Crippen molar-refractivity contribution in [2.45, 2.75) is 32.1 Å². The number of hydrogen-bond donors (Lipinski definition) is 0. The van der Waals surface area contributed by atoms with Crippen LogP contribution >= 0.6 is 0 Å². The van der Waals surface area contributed by atoms with Gasteiger partial charge in [0.2, 0.25) is 0 Å². The molecule has 0 saturated carbocycles. The highest BCUT2D eigenvalue weighted by Crippen LogP contribution is 2.35. The number of fused-ring (bicyclic) bond motifs is 1. The molecule has 6 heteroatoms. The molecule has 29 heavy (non-hydrogen) atoms. The van der Waals surface area contributed by atoms with Crippen molar-refractivity contribution >= 4 is 5.91 Å². The van der Waals surface area contributed by atoms with Crippen molar-refractivity contribution in [3.05, 3.63) is 77.5 Å². The fourth-order valence-electron chi connectivity index (χ4n) is 4.33. The summed E-state index contributed by atoms with van der Waals surface area (Å²) in [5.74, 6) is 0.649. The first-order valence-corrected chi connectivity index (χ1v) is 9.83. The van der Waals surface area contributed by atoms with Crippen LogP contribution in [0.5, 0.6) is 0 Å². The van der Waals surface area contributed by atoms with Crippen LogP contribution in [0, 0.1) is 12.7 Å². The van der Waals surface area contributed by atoms with E-state index in [1.54, 1.807) is 12.1 Å². The molecule has 0 bridgehead atoms. The number of ether oxygens (including phenoxy) is 1. The molecule has 148 valence electrons. The van der Waals surface area contributed by atoms with Gasteiger partial charge in [-0.05, 0) is 55.3 Å². The molecule has 1 spiro atoms. The first-order valence-electron chi connectivity index (χ1n) is 9.83. The summed E-state index contributed by atoms with van der Waals surface area (Å²) in [5, 5.41) is 0. The molecule has 0 N–H and O–H groups in total. The van der Waals surface area contributed by atoms with Gasteiger partial charge in [0.05, 0.1) is 25.0 Å². The van der Waals surface area contributed by atoms with Gasteiger partial charge >= 0.3 is 0 Å². The van der Waals surface area contributed by atoms with E-state index in [-0.39, 0.29) is 11.7 Å². The molecule has 3 aromatic rings. The summed E-state index contributed by atoms with van der Waals surface area (Å²) in [7, 11) is 0. The lowest BCUT2D eigenvalue weighted by Gasteiger charge is -2.35. The first kappa shape index (κ1) is 18.1. The van der Waals surface area contributed by atoms with Crippen molar-refractivity contribution < 1.29 is 13.9 Å². The number of rotatable bonds is 2. The average Bonchev–Trinajstić information content (AvgIpc) is 3.33. The van der Waals surface area contributed by atoms with E-state index in [1.165, 1.54) is 12.1 Å². The topological polar surface area (TPSA) is 47.4 Å². The predicted molar refractivity (Wildman–Crippen MR) is 107 cm³/mol. The zero-order chi connectivity index (χ0) is 20.0. The molecule has 3 heterocycles. The van der Waals surface area contributed by atoms with Gasteiger partial charge in [-0.15, -0.1) is 0 Å². The Kier molecular flexibility index (Phi) is 4.24. The van der Waals surface area contributed by atoms with E-state index >= 15 is 0 Å². The van der Waals surface area contributed by atoms with Gasteiger partial charge in [0.1, 0.15) is 23.8 Å². The number of amides is 1. The largest absolute Gasteiger partial charge is 0.363 e. The van der Waals surface area contributed by atoms with E-state index in [2.05, 4.69) is 9.55 Å². The monoisotopic (exact) mass is 391 g/mol. The maximum atomic E-state index is 13.3. The Hall–Kier alpha value is -2.99. The normalized spacial score (nSPS) is 20.8. The third-order valence-electron chi connectivity index (χ3n) is 5.90. The number of aromatic nitrogens is 2. The Labute approximate surface area is 168 Å². The standard InChI is InChI=1S/C23H22FN3O2/c1-16-3-2-4-18(11-16)22(28)26-10-9-23(14-26)15-27-20(12-25-21(27)13-29-23)17-5-7-19(24)8-6-17/h2-8,11-12H,9-10,13-15H2,1H3/t23-/m1/s1. The summed E-state index contributed by atoms with van der Waals surface area (Å²) in [4.78, 5) is 19.3. The van der Waals surface area contributed by atoms with Crippen molar-refractivity contribution in [2.24, 2.45) is 0 Å². The average molecular weight is 391 g/mol. The zero-order valence-electron chi connectivity index (χ0n) is 16.3. The highest BCUT2D eigenvalue weighted by atomic mass is 19.1. The van der Waals surface area contributed by atoms with Gasteiger partial charge in [-0.2, -0.15) is 0 Å². The van der Waals surface area contributed by atoms with Gasteiger partial charge in [0.25, 0.3) is 5.91 Å². The number of carbonyl (C=O) groups excluding carboxylic acids is 1. The van der Waals surface area contributed by atoms with Crippen LogP contribution in [0.2, 0.25) is 0 Å². The van der Waals surface area contributed by atoms with E-state index in [0.29, 0.717) is 31.8 Å². The van der Waals surface area contributed by atoms with E-state index in [0.717, 1.165) is 29.1 Å². The molecule has 1 aromatic heterocycles. The molecule has 2 aromatic carbocycles. The van der Waals surface area contributed by atoms with Crippen molar-refractivity contribution in [1.82, 2.24) is 14.5 Å². The maximum absolute atomic E-state index is 13.3. The Balaban J connectivity index is 1.39. The van der Waals surface area contributed by atoms with Crippen LogP contribution in [0.25, 0.3) is 11.3 Å². The second-order valence-electron chi connectivity index (χ2n) is 7.97. The minimum absolute atomic E-state index is 0.0457. The maximum Gasteiger partial charge on any atom is 0.253 e. The number of likely N-dealkylation sites (tertiary alicyclic amines) is 1. The minimum Gasteiger partial charge on any atom is -0.363 e. The smallest absolute Gasteiger partial charge is 0.253 e. The molecule has 2 aliphatic rings. The van der Waals surface area contributed by atoms with Crippen molar-refractivity contribution in [3.63, 3.8) is 0 Å². The summed E-state index contributed by atoms with van der Waals surface area (Å²) < 4.78 is 21.7. The van der Waals surface area contributed by atoms with Gasteiger partial charge < -0.3 is 14.2 Å². The van der Waals surface area contributed by atoms with E-state index in [4.69, 9.17) is 4.74 Å². The molecule has 0 unspecified atom stereocenters. The van der Waals surface area contributed by atoms with E-state index < -0.39 is 5.60 Å². The van der Waals surface area contributed by atoms with Crippen LogP contribution in [0.3, 0.4) is 0 Å². The molecule has 1 atom stereocenters. The number of carbonyl (C=O) groups is 1. The molecule has 0 radical (unpaired) electrons. The van der Waals surface area contributed by atoms with Gasteiger partial charge in [0, 0.05) is 12.1 Å². The summed E-state index contributed by atoms with van der Waals surface area (Å²) in [6.07, 6.45) is 2.60. The van der Waals surface area contributed by atoms with Crippen LogP contribution < -0.4 is 0 Å². The van der Waals surface area contributed by atoms with Gasteiger partial charge in [-0.3, -0.25) is 4.79 Å². The molecule has 2 aliphatic heterocycles. The number of nitrogens with zero attached hydrogens (tertiary/aromatic N) is 3. The summed E-state index contributed by atoms with van der Waals surface area (Å²) >= 11 is 0. The lowest BCUT2D eigenvalue weighted by atomic mass is 10.0. The van der Waals surface area contributed by atoms with E-state index in [9.17, 15) is 9.18 Å². The lowest BCUT2D eigenvalue weighted by Crippen LogP contribution is -2.45. The highest BCUT2D eigenvalue weighted by molar-refractivity contribution is 5.94. The number of benzene rings is 2. The second kappa shape index (κ2) is 6.81. The second-order valence-corrected chi connectivity index (χ2v) is 7.97. The molecule has 1 saturated heterocycles. The Morgan fingerprint density at radius 3 is 2.79 bits per heavy atom. The number of imidazole rings is 1. The number of halogens is 1. The molecule has 0 aliphatic carbocycles. The van der Waals surface area contributed by atoms with Crippen molar-refractivity contribution in [3.8, 4) is 11.3 Å². The summed E-state index contributed by atoms with van der Waals surface area (Å²) in [6.45, 7) is 4.26. The number of hydrogen-bond acceptors (Lipinski definition) is 3. The van der Waals surface area contributed by atoms with Crippen LogP contribution in [0.4, 0.5) is 4.39 Å². The SMILES string of the molecule is Cc1cccc(C(=O)N2CC[C@@]3(C2)Cn2c(-c4ccc(F)cc4)cnc2CO3)c1. The minimum atomic E-state index is -0.415. The fourth-order valence-corrected chi connectivity index (χ4v) is 4.33. The third kappa shape index (κ3) is 3.23. The van der Waals surface area contributed by atoms with Gasteiger partial charge in [-0.25, -0.2) is 9.37 Å². The Morgan fingerprint density at radius 1 is 1.17 bits per heavy atom. The molecule has 1 fully saturated rings. The van der Waals surface area contributed by atoms with Crippen LogP contribution in [-0.4, -0.2) is 39.0 Å². The van der Waals surface area contributed by atoms with Gasteiger partial charge in [-0.1, -0.05) is 17.7 Å². The van der Waals surface area contributed by atoms with E-state index in [1.807, 2.05) is 42.3 Å². The molecule has 5 rings (SSSR count). The zero-order valence-corrected chi connectivity index (χ0v) is 16.3. The summed E-state index contributed by atoms with van der Waals surface area (Å²) in [6, 6.07) is 14.2. The van der Waals surface area contributed by atoms with Gasteiger partial charge in [0.15, 0.2) is 0 Å². The molecule has 5 nitrogen and oxygen atoms in total. The summed E-state index contributed by atoms with van der Waals surface area (Å²) in [5.41, 5.74) is 3.25. The lowest BCUT2D eigenvalue weighted by molar-refractivity contribution is -0.0804. The van der Waals surface area contributed by atoms with Crippen LogP contribution in [0.1, 0.15) is 28.2 Å². The Bertz CT molecular complexity index is 1080. The van der Waals surface area contributed by atoms with Crippen LogP contribution in [-0.2, 0) is 17.9 Å². The predicted octanol–water partition coefficient (Wildman–Crippen LogP) is 3.81. The fraction of sp³-hybridized carbons (Fsp3) is 0.304. The van der Waals surface area contributed by atoms with Crippen molar-refractivity contribution in [1.29, 1.82) is 0 Å². The van der Waals surface area contributed by atoms with Crippen LogP contribution in [0.15, 0.2) is 54.7 Å². The first-order chi connectivity index (χ1) is 14.0.